The highest BCUT2D eigenvalue weighted by Gasteiger charge is 2.29. The van der Waals surface area contributed by atoms with Crippen molar-refractivity contribution in [2.45, 2.75) is 46.2 Å². The lowest BCUT2D eigenvalue weighted by atomic mass is 9.95. The summed E-state index contributed by atoms with van der Waals surface area (Å²) in [5, 5.41) is 8.03. The van der Waals surface area contributed by atoms with Crippen molar-refractivity contribution in [3.63, 3.8) is 0 Å². The van der Waals surface area contributed by atoms with Gasteiger partial charge in [-0.25, -0.2) is 0 Å². The summed E-state index contributed by atoms with van der Waals surface area (Å²) in [4.78, 5) is 2.36. The smallest absolute Gasteiger partial charge is 0.0646 e. The number of nitrogens with zero attached hydrogens (tertiary/aromatic N) is 3. The average Bonchev–Trinajstić information content (AvgIpc) is 2.89. The van der Waals surface area contributed by atoms with Gasteiger partial charge in [-0.2, -0.15) is 5.10 Å². The van der Waals surface area contributed by atoms with E-state index in [9.17, 15) is 0 Å². The molecule has 24 heavy (non-hydrogen) atoms. The molecule has 1 aliphatic rings. The Balaban J connectivity index is 2.27. The molecule has 0 amide bonds. The summed E-state index contributed by atoms with van der Waals surface area (Å²) in [5.74, 6) is 0.420. The zero-order chi connectivity index (χ0) is 17.7. The molecular formula is C20H30N4. The van der Waals surface area contributed by atoms with E-state index in [1.807, 2.05) is 13.1 Å². The molecule has 1 atom stereocenters. The third-order valence-corrected chi connectivity index (χ3v) is 4.53. The molecule has 2 rings (SSSR count). The van der Waals surface area contributed by atoms with Crippen molar-refractivity contribution in [1.29, 1.82) is 0 Å². The topological polar surface area (TPSA) is 33.1 Å². The van der Waals surface area contributed by atoms with Crippen LogP contribution in [0.1, 0.15) is 43.1 Å². The Labute approximate surface area is 146 Å². The van der Waals surface area contributed by atoms with Gasteiger partial charge in [0.1, 0.15) is 0 Å². The third kappa shape index (κ3) is 3.64. The van der Waals surface area contributed by atoms with Crippen molar-refractivity contribution < 1.29 is 0 Å². The normalized spacial score (nSPS) is 17.9. The van der Waals surface area contributed by atoms with Gasteiger partial charge in [0.2, 0.25) is 0 Å². The number of nitrogens with one attached hydrogen (secondary N) is 1. The molecular weight excluding hydrogens is 296 g/mol. The minimum absolute atomic E-state index is 0.420. The highest BCUT2D eigenvalue weighted by molar-refractivity contribution is 5.35. The molecule has 2 heterocycles. The molecule has 0 saturated carbocycles. The Kier molecular flexibility index (Phi) is 6.07. The Bertz CT molecular complexity index is 663. The monoisotopic (exact) mass is 326 g/mol. The maximum atomic E-state index is 4.75. The number of hydrogen-bond acceptors (Lipinski definition) is 3. The van der Waals surface area contributed by atoms with Crippen LogP contribution >= 0.6 is 0 Å². The lowest BCUT2D eigenvalue weighted by Crippen LogP contribution is -2.34. The van der Waals surface area contributed by atoms with Crippen molar-refractivity contribution in [3.05, 3.63) is 65.8 Å². The van der Waals surface area contributed by atoms with Crippen molar-refractivity contribution in [2.24, 2.45) is 0 Å². The summed E-state index contributed by atoms with van der Waals surface area (Å²) in [6, 6.07) is 0. The standard InChI is InChI=1S/C20H30N4/c1-7-9-10-12-24-20-15(3)13-23(14-18(20)16(4)22-24)17(5)19(21-6)11-8-2/h7,9-11,15,21H,1,5,8,12-14H2,2-4,6H3/b10-9+,19-11-. The second-order valence-electron chi connectivity index (χ2n) is 6.30. The van der Waals surface area contributed by atoms with Crippen molar-refractivity contribution >= 4 is 0 Å². The van der Waals surface area contributed by atoms with E-state index in [0.717, 1.165) is 43.1 Å². The zero-order valence-electron chi connectivity index (χ0n) is 15.5. The lowest BCUT2D eigenvalue weighted by Gasteiger charge is -2.35. The summed E-state index contributed by atoms with van der Waals surface area (Å²) >= 11 is 0. The first-order chi connectivity index (χ1) is 11.5. The Morgan fingerprint density at radius 1 is 1.46 bits per heavy atom. The molecule has 0 spiro atoms. The Morgan fingerprint density at radius 2 is 2.21 bits per heavy atom. The maximum absolute atomic E-state index is 4.75. The summed E-state index contributed by atoms with van der Waals surface area (Å²) < 4.78 is 2.14. The van der Waals surface area contributed by atoms with Gasteiger partial charge in [0.25, 0.3) is 0 Å². The Hall–Kier alpha value is -2.23. The number of aromatic nitrogens is 2. The fourth-order valence-electron chi connectivity index (χ4n) is 3.40. The van der Waals surface area contributed by atoms with E-state index in [1.54, 1.807) is 6.08 Å². The molecule has 0 aromatic carbocycles. The highest BCUT2D eigenvalue weighted by atomic mass is 15.3. The second kappa shape index (κ2) is 8.04. The first-order valence-electron chi connectivity index (χ1n) is 8.69. The molecule has 1 aromatic rings. The zero-order valence-corrected chi connectivity index (χ0v) is 15.5. The van der Waals surface area contributed by atoms with E-state index in [4.69, 9.17) is 5.10 Å². The number of fused-ring (bicyclic) bond motifs is 1. The van der Waals surface area contributed by atoms with Crippen LogP contribution in [0.15, 0.2) is 48.9 Å². The number of hydrogen-bond donors (Lipinski definition) is 1. The van der Waals surface area contributed by atoms with Gasteiger partial charge in [-0.1, -0.05) is 51.3 Å². The highest BCUT2D eigenvalue weighted by Crippen LogP contribution is 2.33. The van der Waals surface area contributed by atoms with Gasteiger partial charge in [-0.05, 0) is 13.3 Å². The number of aryl methyl sites for hydroxylation is 1. The van der Waals surface area contributed by atoms with E-state index in [-0.39, 0.29) is 0 Å². The number of rotatable bonds is 7. The van der Waals surface area contributed by atoms with Crippen LogP contribution in [-0.4, -0.2) is 28.3 Å². The van der Waals surface area contributed by atoms with E-state index in [2.05, 4.69) is 61.0 Å². The van der Waals surface area contributed by atoms with Gasteiger partial charge in [0.15, 0.2) is 0 Å². The van der Waals surface area contributed by atoms with Gasteiger partial charge < -0.3 is 10.2 Å². The van der Waals surface area contributed by atoms with Gasteiger partial charge in [0, 0.05) is 37.3 Å². The summed E-state index contributed by atoms with van der Waals surface area (Å²) in [5.41, 5.74) is 6.00. The molecule has 1 unspecified atom stereocenters. The minimum atomic E-state index is 0.420. The fraction of sp³-hybridized carbons (Fsp3) is 0.450. The Morgan fingerprint density at radius 3 is 2.83 bits per heavy atom. The molecule has 0 saturated heterocycles. The lowest BCUT2D eigenvalue weighted by molar-refractivity contribution is 0.294. The number of likely N-dealkylation sites (N-methyl/N-ethyl adjacent to an activating group) is 1. The average molecular weight is 326 g/mol. The quantitative estimate of drug-likeness (QED) is 0.772. The predicted octanol–water partition coefficient (Wildman–Crippen LogP) is 3.88. The summed E-state index contributed by atoms with van der Waals surface area (Å²) in [6.45, 7) is 17.2. The molecule has 1 aliphatic heterocycles. The molecule has 4 nitrogen and oxygen atoms in total. The van der Waals surface area contributed by atoms with Gasteiger partial charge in [-0.15, -0.1) is 0 Å². The van der Waals surface area contributed by atoms with E-state index >= 15 is 0 Å². The SMILES string of the molecule is C=C/C=C/Cn1nc(C)c2c1C(C)CN(C(=C)/C(=C/CC)NC)C2. The molecule has 1 N–H and O–H groups in total. The van der Waals surface area contributed by atoms with Crippen LogP contribution in [0, 0.1) is 6.92 Å². The predicted molar refractivity (Wildman–Crippen MR) is 102 cm³/mol. The second-order valence-corrected chi connectivity index (χ2v) is 6.30. The molecule has 130 valence electrons. The van der Waals surface area contributed by atoms with Crippen molar-refractivity contribution in [1.82, 2.24) is 20.0 Å². The van der Waals surface area contributed by atoms with E-state index in [1.165, 1.54) is 11.3 Å². The van der Waals surface area contributed by atoms with Crippen molar-refractivity contribution in [3.8, 4) is 0 Å². The molecule has 1 aromatic heterocycles. The number of allylic oxidation sites excluding steroid dienone is 4. The van der Waals surface area contributed by atoms with Gasteiger partial charge >= 0.3 is 0 Å². The van der Waals surface area contributed by atoms with E-state index < -0.39 is 0 Å². The largest absolute Gasteiger partial charge is 0.387 e. The van der Waals surface area contributed by atoms with Crippen LogP contribution in [0.3, 0.4) is 0 Å². The van der Waals surface area contributed by atoms with Crippen LogP contribution < -0.4 is 5.32 Å². The van der Waals surface area contributed by atoms with Crippen LogP contribution in [0.4, 0.5) is 0 Å². The van der Waals surface area contributed by atoms with Crippen LogP contribution in [0.25, 0.3) is 0 Å². The van der Waals surface area contributed by atoms with E-state index in [0.29, 0.717) is 5.92 Å². The van der Waals surface area contributed by atoms with Crippen LogP contribution in [0.5, 0.6) is 0 Å². The van der Waals surface area contributed by atoms with Gasteiger partial charge in [0.05, 0.1) is 23.6 Å². The maximum Gasteiger partial charge on any atom is 0.0646 e. The van der Waals surface area contributed by atoms with Crippen LogP contribution in [0.2, 0.25) is 0 Å². The van der Waals surface area contributed by atoms with Crippen molar-refractivity contribution in [2.75, 3.05) is 13.6 Å². The first-order valence-corrected chi connectivity index (χ1v) is 8.69. The summed E-state index contributed by atoms with van der Waals surface area (Å²) in [6.07, 6.45) is 9.06. The molecule has 0 aliphatic carbocycles. The van der Waals surface area contributed by atoms with Crippen LogP contribution in [-0.2, 0) is 13.1 Å². The first kappa shape index (κ1) is 18.1. The molecule has 0 radical (unpaired) electrons. The van der Waals surface area contributed by atoms with Gasteiger partial charge in [-0.3, -0.25) is 4.68 Å². The molecule has 0 fully saturated rings. The molecule has 0 bridgehead atoms. The molecule has 4 heteroatoms. The summed E-state index contributed by atoms with van der Waals surface area (Å²) in [7, 11) is 1.96. The fourth-order valence-corrected chi connectivity index (χ4v) is 3.40. The third-order valence-electron chi connectivity index (χ3n) is 4.53. The minimum Gasteiger partial charge on any atom is -0.387 e.